The molecule has 0 aliphatic carbocycles. The van der Waals surface area contributed by atoms with Crippen molar-refractivity contribution in [3.05, 3.63) is 35.0 Å². The van der Waals surface area contributed by atoms with Crippen LogP contribution in [0.4, 0.5) is 0 Å². The molecule has 0 fully saturated rings. The number of benzene rings is 1. The molecule has 0 unspecified atom stereocenters. The smallest absolute Gasteiger partial charge is 0.336 e. The van der Waals surface area contributed by atoms with E-state index in [4.69, 9.17) is 5.11 Å². The van der Waals surface area contributed by atoms with Crippen molar-refractivity contribution in [3.63, 3.8) is 0 Å². The van der Waals surface area contributed by atoms with Gasteiger partial charge in [-0.3, -0.25) is 0 Å². The van der Waals surface area contributed by atoms with Crippen molar-refractivity contribution in [3.8, 4) is 0 Å². The summed E-state index contributed by atoms with van der Waals surface area (Å²) in [5.41, 5.74) is 3.13. The summed E-state index contributed by atoms with van der Waals surface area (Å²) >= 11 is 0. The molecule has 0 saturated heterocycles. The van der Waals surface area contributed by atoms with Gasteiger partial charge >= 0.3 is 5.97 Å². The molecule has 1 heterocycles. The summed E-state index contributed by atoms with van der Waals surface area (Å²) in [4.78, 5) is 14.4. The third kappa shape index (κ3) is 2.03. The van der Waals surface area contributed by atoms with Crippen LogP contribution in [0.25, 0.3) is 10.9 Å². The second-order valence-electron chi connectivity index (χ2n) is 4.09. The summed E-state index contributed by atoms with van der Waals surface area (Å²) in [6.07, 6.45) is 1.33. The van der Waals surface area contributed by atoms with Crippen molar-refractivity contribution in [2.75, 3.05) is 6.61 Å². The van der Waals surface area contributed by atoms with Crippen molar-refractivity contribution in [2.24, 2.45) is 0 Å². The number of aryl methyl sites for hydroxylation is 2. The Kier molecular flexibility index (Phi) is 3.15. The standard InChI is InChI=1S/C13H15NO3/c1-8-9(5-3-7-15)12-10(13(16)17)4-2-6-11(12)14-8/h2,4,6,14-15H,3,5,7H2,1H3,(H,16,17). The van der Waals surface area contributed by atoms with Gasteiger partial charge in [0.05, 0.1) is 5.56 Å². The van der Waals surface area contributed by atoms with Crippen molar-refractivity contribution in [1.82, 2.24) is 4.98 Å². The highest BCUT2D eigenvalue weighted by Crippen LogP contribution is 2.26. The Hall–Kier alpha value is -1.81. The van der Waals surface area contributed by atoms with Crippen molar-refractivity contribution < 1.29 is 15.0 Å². The van der Waals surface area contributed by atoms with Crippen LogP contribution < -0.4 is 0 Å². The average Bonchev–Trinajstić information content (AvgIpc) is 2.61. The molecule has 0 radical (unpaired) electrons. The molecule has 0 spiro atoms. The summed E-state index contributed by atoms with van der Waals surface area (Å²) < 4.78 is 0. The van der Waals surface area contributed by atoms with Crippen LogP contribution in [-0.2, 0) is 6.42 Å². The molecule has 90 valence electrons. The van der Waals surface area contributed by atoms with E-state index in [1.807, 2.05) is 13.0 Å². The number of hydrogen-bond acceptors (Lipinski definition) is 2. The van der Waals surface area contributed by atoms with Gasteiger partial charge in [-0.1, -0.05) is 6.07 Å². The maximum atomic E-state index is 11.2. The summed E-state index contributed by atoms with van der Waals surface area (Å²) in [5.74, 6) is -0.917. The molecule has 0 atom stereocenters. The van der Waals surface area contributed by atoms with E-state index >= 15 is 0 Å². The number of rotatable bonds is 4. The predicted octanol–water partition coefficient (Wildman–Crippen LogP) is 2.10. The first-order chi connectivity index (χ1) is 8.15. The largest absolute Gasteiger partial charge is 0.478 e. The number of aromatic nitrogens is 1. The van der Waals surface area contributed by atoms with Crippen LogP contribution >= 0.6 is 0 Å². The van der Waals surface area contributed by atoms with Gasteiger partial charge in [0.2, 0.25) is 0 Å². The Morgan fingerprint density at radius 2 is 2.18 bits per heavy atom. The Morgan fingerprint density at radius 3 is 2.82 bits per heavy atom. The van der Waals surface area contributed by atoms with Crippen LogP contribution in [0.1, 0.15) is 28.0 Å². The minimum atomic E-state index is -0.917. The fourth-order valence-corrected chi connectivity index (χ4v) is 2.19. The number of hydrogen-bond donors (Lipinski definition) is 3. The lowest BCUT2D eigenvalue weighted by Crippen LogP contribution is -1.99. The first-order valence-corrected chi connectivity index (χ1v) is 5.59. The molecule has 17 heavy (non-hydrogen) atoms. The Balaban J connectivity index is 2.64. The molecule has 2 rings (SSSR count). The van der Waals surface area contributed by atoms with Crippen LogP contribution in [-0.4, -0.2) is 27.8 Å². The van der Waals surface area contributed by atoms with Gasteiger partial charge in [0.15, 0.2) is 0 Å². The Bertz CT molecular complexity index is 557. The van der Waals surface area contributed by atoms with Crippen molar-refractivity contribution >= 4 is 16.9 Å². The molecule has 0 aliphatic heterocycles. The highest BCUT2D eigenvalue weighted by atomic mass is 16.4. The highest BCUT2D eigenvalue weighted by molar-refractivity contribution is 6.04. The molecule has 0 aliphatic rings. The zero-order valence-electron chi connectivity index (χ0n) is 9.66. The lowest BCUT2D eigenvalue weighted by atomic mass is 10.0. The molecular formula is C13H15NO3. The fourth-order valence-electron chi connectivity index (χ4n) is 2.19. The van der Waals surface area contributed by atoms with Crippen LogP contribution in [0.5, 0.6) is 0 Å². The SMILES string of the molecule is Cc1[nH]c2cccc(C(=O)O)c2c1CCCO. The fraction of sp³-hybridized carbons (Fsp3) is 0.308. The van der Waals surface area contributed by atoms with E-state index in [1.165, 1.54) is 0 Å². The molecule has 0 saturated carbocycles. The first kappa shape index (κ1) is 11.7. The number of fused-ring (bicyclic) bond motifs is 1. The minimum Gasteiger partial charge on any atom is -0.478 e. The Labute approximate surface area is 98.9 Å². The number of carboxylic acids is 1. The Morgan fingerprint density at radius 1 is 1.41 bits per heavy atom. The number of aliphatic hydroxyl groups excluding tert-OH is 1. The van der Waals surface area contributed by atoms with E-state index in [0.717, 1.165) is 22.2 Å². The second-order valence-corrected chi connectivity index (χ2v) is 4.09. The van der Waals surface area contributed by atoms with E-state index < -0.39 is 5.97 Å². The summed E-state index contributed by atoms with van der Waals surface area (Å²) in [7, 11) is 0. The third-order valence-corrected chi connectivity index (χ3v) is 2.96. The van der Waals surface area contributed by atoms with E-state index in [1.54, 1.807) is 12.1 Å². The molecule has 0 bridgehead atoms. The number of nitrogens with one attached hydrogen (secondary N) is 1. The molecule has 0 amide bonds. The van der Waals surface area contributed by atoms with Gasteiger partial charge in [-0.05, 0) is 37.5 Å². The van der Waals surface area contributed by atoms with Crippen LogP contribution in [0.15, 0.2) is 18.2 Å². The molecule has 3 N–H and O–H groups in total. The van der Waals surface area contributed by atoms with Gasteiger partial charge < -0.3 is 15.2 Å². The maximum Gasteiger partial charge on any atom is 0.336 e. The minimum absolute atomic E-state index is 0.112. The van der Waals surface area contributed by atoms with Crippen LogP contribution in [0, 0.1) is 6.92 Å². The van der Waals surface area contributed by atoms with Gasteiger partial charge in [0.1, 0.15) is 0 Å². The van der Waals surface area contributed by atoms with Gasteiger partial charge in [-0.2, -0.15) is 0 Å². The summed E-state index contributed by atoms with van der Waals surface area (Å²) in [6.45, 7) is 2.04. The number of aromatic amines is 1. The second kappa shape index (κ2) is 4.59. The summed E-state index contributed by atoms with van der Waals surface area (Å²) in [5, 5.41) is 18.8. The molecule has 4 nitrogen and oxygen atoms in total. The number of carbonyl (C=O) groups is 1. The number of H-pyrrole nitrogens is 1. The van der Waals surface area contributed by atoms with E-state index in [-0.39, 0.29) is 6.61 Å². The normalized spacial score (nSPS) is 10.9. The predicted molar refractivity (Wildman–Crippen MR) is 65.4 cm³/mol. The van der Waals surface area contributed by atoms with Crippen molar-refractivity contribution in [1.29, 1.82) is 0 Å². The average molecular weight is 233 g/mol. The monoisotopic (exact) mass is 233 g/mol. The van der Waals surface area contributed by atoms with E-state index in [2.05, 4.69) is 4.98 Å². The van der Waals surface area contributed by atoms with Gasteiger partial charge in [0.25, 0.3) is 0 Å². The molecule has 1 aromatic carbocycles. The highest BCUT2D eigenvalue weighted by Gasteiger charge is 2.15. The molecular weight excluding hydrogens is 218 g/mol. The zero-order chi connectivity index (χ0) is 12.4. The topological polar surface area (TPSA) is 73.3 Å². The van der Waals surface area contributed by atoms with E-state index in [9.17, 15) is 9.90 Å². The quantitative estimate of drug-likeness (QED) is 0.757. The van der Waals surface area contributed by atoms with Gasteiger partial charge in [-0.25, -0.2) is 4.79 Å². The first-order valence-electron chi connectivity index (χ1n) is 5.59. The third-order valence-electron chi connectivity index (χ3n) is 2.96. The lowest BCUT2D eigenvalue weighted by molar-refractivity contribution is 0.0699. The molecule has 2 aromatic rings. The zero-order valence-corrected chi connectivity index (χ0v) is 9.66. The van der Waals surface area contributed by atoms with E-state index in [0.29, 0.717) is 18.4 Å². The maximum absolute atomic E-state index is 11.2. The molecule has 4 heteroatoms. The van der Waals surface area contributed by atoms with Gasteiger partial charge in [-0.15, -0.1) is 0 Å². The number of aliphatic hydroxyl groups is 1. The van der Waals surface area contributed by atoms with Crippen LogP contribution in [0.2, 0.25) is 0 Å². The van der Waals surface area contributed by atoms with Gasteiger partial charge in [0, 0.05) is 23.2 Å². The number of aromatic carboxylic acids is 1. The van der Waals surface area contributed by atoms with Crippen LogP contribution in [0.3, 0.4) is 0 Å². The number of carboxylic acid groups (broad SMARTS) is 1. The summed E-state index contributed by atoms with van der Waals surface area (Å²) in [6, 6.07) is 5.22. The lowest BCUT2D eigenvalue weighted by Gasteiger charge is -2.02. The molecule has 1 aromatic heterocycles. The van der Waals surface area contributed by atoms with Crippen molar-refractivity contribution in [2.45, 2.75) is 19.8 Å².